The lowest BCUT2D eigenvalue weighted by Crippen LogP contribution is -1.97. The molecule has 3 aromatic heterocycles. The van der Waals surface area contributed by atoms with E-state index in [9.17, 15) is 10.1 Å². The summed E-state index contributed by atoms with van der Waals surface area (Å²) in [5, 5.41) is 15.4. The summed E-state index contributed by atoms with van der Waals surface area (Å²) in [6, 6.07) is 4.78. The van der Waals surface area contributed by atoms with Crippen molar-refractivity contribution in [1.29, 1.82) is 0 Å². The number of pyridine rings is 2. The summed E-state index contributed by atoms with van der Waals surface area (Å²) in [7, 11) is 1.50. The second-order valence-electron chi connectivity index (χ2n) is 5.14. The van der Waals surface area contributed by atoms with Crippen molar-refractivity contribution in [2.45, 2.75) is 13.8 Å². The molecule has 3 aromatic rings. The molecule has 0 spiro atoms. The summed E-state index contributed by atoms with van der Waals surface area (Å²) >= 11 is 0. The largest absolute Gasteiger partial charge is 0.481 e. The molecule has 0 aliphatic rings. The molecule has 0 N–H and O–H groups in total. The number of aromatic nitrogens is 3. The van der Waals surface area contributed by atoms with Gasteiger partial charge in [-0.1, -0.05) is 5.16 Å². The van der Waals surface area contributed by atoms with Gasteiger partial charge in [-0.3, -0.25) is 10.1 Å². The minimum Gasteiger partial charge on any atom is -0.481 e. The third kappa shape index (κ3) is 2.69. The second kappa shape index (κ2) is 6.07. The van der Waals surface area contributed by atoms with E-state index in [1.54, 1.807) is 32.2 Å². The zero-order chi connectivity index (χ0) is 17.3. The van der Waals surface area contributed by atoms with Gasteiger partial charge in [0, 0.05) is 41.2 Å². The summed E-state index contributed by atoms with van der Waals surface area (Å²) in [6.45, 7) is 3.53. The number of nitro groups is 1. The first kappa shape index (κ1) is 15.6. The normalized spacial score (nSPS) is 10.6. The van der Waals surface area contributed by atoms with Crippen LogP contribution in [0.1, 0.15) is 11.5 Å². The van der Waals surface area contributed by atoms with E-state index in [1.807, 2.05) is 0 Å². The first-order valence-electron chi connectivity index (χ1n) is 7.09. The lowest BCUT2D eigenvalue weighted by Gasteiger charge is -2.06. The zero-order valence-electron chi connectivity index (χ0n) is 13.3. The Bertz CT molecular complexity index is 883. The molecule has 8 heteroatoms. The maximum atomic E-state index is 11.5. The number of hydrogen-bond acceptors (Lipinski definition) is 7. The Morgan fingerprint density at radius 1 is 1.17 bits per heavy atom. The summed E-state index contributed by atoms with van der Waals surface area (Å²) in [5.41, 5.74) is 2.62. The summed E-state index contributed by atoms with van der Waals surface area (Å²) in [4.78, 5) is 19.4. The van der Waals surface area contributed by atoms with Crippen molar-refractivity contribution < 1.29 is 14.2 Å². The molecule has 0 fully saturated rings. The molecule has 0 aliphatic carbocycles. The molecule has 0 saturated heterocycles. The Morgan fingerprint density at radius 3 is 2.46 bits per heavy atom. The molecule has 3 heterocycles. The van der Waals surface area contributed by atoms with Crippen molar-refractivity contribution in [2.75, 3.05) is 7.11 Å². The van der Waals surface area contributed by atoms with Crippen LogP contribution in [0.3, 0.4) is 0 Å². The molecule has 122 valence electrons. The molecule has 0 unspecified atom stereocenters. The van der Waals surface area contributed by atoms with Crippen molar-refractivity contribution >= 4 is 5.69 Å². The molecule has 0 atom stereocenters. The van der Waals surface area contributed by atoms with Crippen molar-refractivity contribution in [1.82, 2.24) is 15.1 Å². The van der Waals surface area contributed by atoms with Crippen LogP contribution < -0.4 is 4.74 Å². The third-order valence-corrected chi connectivity index (χ3v) is 3.61. The second-order valence-corrected chi connectivity index (χ2v) is 5.14. The van der Waals surface area contributed by atoms with E-state index in [0.717, 1.165) is 0 Å². The number of hydrogen-bond donors (Lipinski definition) is 0. The Hall–Kier alpha value is -3.29. The van der Waals surface area contributed by atoms with E-state index in [4.69, 9.17) is 9.26 Å². The van der Waals surface area contributed by atoms with E-state index in [1.165, 1.54) is 19.4 Å². The topological polar surface area (TPSA) is 104 Å². The van der Waals surface area contributed by atoms with Gasteiger partial charge < -0.3 is 9.26 Å². The highest BCUT2D eigenvalue weighted by Gasteiger charge is 2.21. The third-order valence-electron chi connectivity index (χ3n) is 3.61. The van der Waals surface area contributed by atoms with Crippen LogP contribution in [0.2, 0.25) is 0 Å². The van der Waals surface area contributed by atoms with E-state index in [-0.39, 0.29) is 11.4 Å². The van der Waals surface area contributed by atoms with Gasteiger partial charge >= 0.3 is 0 Å². The minimum atomic E-state index is -0.464. The molecule has 24 heavy (non-hydrogen) atoms. The van der Waals surface area contributed by atoms with Crippen LogP contribution in [0.15, 0.2) is 35.1 Å². The highest BCUT2D eigenvalue weighted by molar-refractivity contribution is 5.76. The van der Waals surface area contributed by atoms with Crippen molar-refractivity contribution in [3.05, 3.63) is 52.2 Å². The molecule has 8 nitrogen and oxygen atoms in total. The first-order chi connectivity index (χ1) is 11.5. The molecule has 0 amide bonds. The molecular weight excluding hydrogens is 312 g/mol. The summed E-state index contributed by atoms with van der Waals surface area (Å²) < 4.78 is 10.1. The molecule has 0 bridgehead atoms. The van der Waals surface area contributed by atoms with Crippen LogP contribution in [-0.4, -0.2) is 27.2 Å². The number of nitrogens with zero attached hydrogens (tertiary/aromatic N) is 4. The van der Waals surface area contributed by atoms with E-state index >= 15 is 0 Å². The number of ether oxygens (including phenoxy) is 1. The Balaban J connectivity index is 2.13. The van der Waals surface area contributed by atoms with Gasteiger partial charge in [0.1, 0.15) is 11.5 Å². The fraction of sp³-hybridized carbons (Fsp3) is 0.188. The molecular formula is C16H14N4O4. The highest BCUT2D eigenvalue weighted by Crippen LogP contribution is 2.34. The predicted octanol–water partition coefficient (Wildman–Crippen LogP) is 3.33. The van der Waals surface area contributed by atoms with Gasteiger partial charge in [-0.25, -0.2) is 9.97 Å². The Kier molecular flexibility index (Phi) is 3.95. The van der Waals surface area contributed by atoms with Crippen molar-refractivity contribution in [3.8, 4) is 28.3 Å². The summed E-state index contributed by atoms with van der Waals surface area (Å²) in [5.74, 6) is 1.01. The predicted molar refractivity (Wildman–Crippen MR) is 85.6 cm³/mol. The number of rotatable bonds is 4. The molecule has 0 radical (unpaired) electrons. The number of aryl methyl sites for hydroxylation is 2. The Morgan fingerprint density at radius 2 is 1.92 bits per heavy atom. The average molecular weight is 326 g/mol. The first-order valence-corrected chi connectivity index (χ1v) is 7.09. The van der Waals surface area contributed by atoms with Gasteiger partial charge in [0.25, 0.3) is 5.69 Å². The maximum Gasteiger partial charge on any atom is 0.296 e. The van der Waals surface area contributed by atoms with E-state index in [0.29, 0.717) is 34.0 Å². The standard InChI is InChI=1S/C16H14N4O4/c1-9-15(10(2)24-19-9)12-6-13(20(21)22)16(18-8-12)11-4-5-14(23-3)17-7-11/h4-8H,1-3H3. The van der Waals surface area contributed by atoms with Gasteiger partial charge in [-0.2, -0.15) is 0 Å². The van der Waals surface area contributed by atoms with Crippen LogP contribution in [0.4, 0.5) is 5.69 Å². The summed E-state index contributed by atoms with van der Waals surface area (Å²) in [6.07, 6.45) is 3.06. The van der Waals surface area contributed by atoms with Crippen molar-refractivity contribution in [3.63, 3.8) is 0 Å². The molecule has 0 aromatic carbocycles. The smallest absolute Gasteiger partial charge is 0.296 e. The number of methoxy groups -OCH3 is 1. The van der Waals surface area contributed by atoms with Gasteiger partial charge in [0.05, 0.1) is 17.7 Å². The van der Waals surface area contributed by atoms with Gasteiger partial charge in [0.15, 0.2) is 0 Å². The van der Waals surface area contributed by atoms with Crippen LogP contribution in [-0.2, 0) is 0 Å². The minimum absolute atomic E-state index is 0.112. The van der Waals surface area contributed by atoms with Crippen LogP contribution in [0.5, 0.6) is 5.88 Å². The fourth-order valence-corrected chi connectivity index (χ4v) is 2.49. The molecule has 3 rings (SSSR count). The SMILES string of the molecule is COc1ccc(-c2ncc(-c3c(C)noc3C)cc2[N+](=O)[O-])cn1. The van der Waals surface area contributed by atoms with E-state index < -0.39 is 4.92 Å². The monoisotopic (exact) mass is 326 g/mol. The fourth-order valence-electron chi connectivity index (χ4n) is 2.49. The quantitative estimate of drug-likeness (QED) is 0.535. The van der Waals surface area contributed by atoms with Gasteiger partial charge in [-0.15, -0.1) is 0 Å². The Labute approximate surface area is 137 Å². The maximum absolute atomic E-state index is 11.5. The van der Waals surface area contributed by atoms with Crippen LogP contribution in [0.25, 0.3) is 22.4 Å². The van der Waals surface area contributed by atoms with Crippen LogP contribution >= 0.6 is 0 Å². The lowest BCUT2D eigenvalue weighted by atomic mass is 10.0. The van der Waals surface area contributed by atoms with Crippen LogP contribution in [0, 0.1) is 24.0 Å². The highest BCUT2D eigenvalue weighted by atomic mass is 16.6. The zero-order valence-corrected chi connectivity index (χ0v) is 13.3. The van der Waals surface area contributed by atoms with Gasteiger partial charge in [-0.05, 0) is 19.9 Å². The molecule has 0 saturated carbocycles. The van der Waals surface area contributed by atoms with Gasteiger partial charge in [0.2, 0.25) is 5.88 Å². The van der Waals surface area contributed by atoms with E-state index in [2.05, 4.69) is 15.1 Å². The average Bonchev–Trinajstić information content (AvgIpc) is 2.93. The molecule has 0 aliphatic heterocycles. The lowest BCUT2D eigenvalue weighted by molar-refractivity contribution is -0.384. The van der Waals surface area contributed by atoms with Crippen molar-refractivity contribution in [2.24, 2.45) is 0 Å².